The lowest BCUT2D eigenvalue weighted by molar-refractivity contribution is -0.122. The van der Waals surface area contributed by atoms with Crippen LogP contribution in [0.3, 0.4) is 0 Å². The molecule has 0 saturated carbocycles. The molecule has 0 saturated heterocycles. The number of benzene rings is 2. The summed E-state index contributed by atoms with van der Waals surface area (Å²) in [6.45, 7) is 3.60. The molecule has 1 atom stereocenters. The van der Waals surface area contributed by atoms with Gasteiger partial charge in [-0.1, -0.05) is 6.07 Å². The summed E-state index contributed by atoms with van der Waals surface area (Å²) in [5.74, 6) is 1.77. The number of amides is 1. The van der Waals surface area contributed by atoms with E-state index in [1.54, 1.807) is 38.3 Å². The van der Waals surface area contributed by atoms with Gasteiger partial charge in [0.2, 0.25) is 0 Å². The van der Waals surface area contributed by atoms with Gasteiger partial charge in [0, 0.05) is 23.1 Å². The van der Waals surface area contributed by atoms with Crippen LogP contribution in [0.4, 0.5) is 17.2 Å². The second kappa shape index (κ2) is 8.85. The predicted octanol–water partition coefficient (Wildman–Crippen LogP) is 3.94. The first-order valence-corrected chi connectivity index (χ1v) is 8.81. The lowest BCUT2D eigenvalue weighted by atomic mass is 10.2. The molecule has 0 radical (unpaired) electrons. The maximum atomic E-state index is 12.5. The van der Waals surface area contributed by atoms with Crippen molar-refractivity contribution in [3.8, 4) is 11.5 Å². The van der Waals surface area contributed by atoms with E-state index in [9.17, 15) is 4.79 Å². The Morgan fingerprint density at radius 2 is 1.71 bits per heavy atom. The third-order valence-electron chi connectivity index (χ3n) is 3.95. The summed E-state index contributed by atoms with van der Waals surface area (Å²) < 4.78 is 10.8. The summed E-state index contributed by atoms with van der Waals surface area (Å²) in [5.41, 5.74) is 2.33. The van der Waals surface area contributed by atoms with E-state index in [0.717, 1.165) is 17.1 Å². The third-order valence-corrected chi connectivity index (χ3v) is 3.95. The molecule has 0 spiro atoms. The standard InChI is InChI=1S/C21H22N4O3/c1-14-11-20(23-13-22-14)24-16-5-4-6-17(12-16)25-21(26)15(2)28-19-9-7-18(27-3)8-10-19/h4-13,15H,1-3H3,(H,25,26)(H,22,23,24). The molecule has 0 bridgehead atoms. The van der Waals surface area contributed by atoms with Crippen molar-refractivity contribution < 1.29 is 14.3 Å². The molecule has 3 rings (SSSR count). The molecule has 0 aliphatic heterocycles. The first kappa shape index (κ1) is 19.2. The van der Waals surface area contributed by atoms with Gasteiger partial charge in [-0.2, -0.15) is 0 Å². The number of methoxy groups -OCH3 is 1. The van der Waals surface area contributed by atoms with Gasteiger partial charge in [-0.15, -0.1) is 0 Å². The van der Waals surface area contributed by atoms with Crippen LogP contribution in [-0.4, -0.2) is 29.1 Å². The molecule has 1 unspecified atom stereocenters. The van der Waals surface area contributed by atoms with E-state index in [-0.39, 0.29) is 5.91 Å². The van der Waals surface area contributed by atoms with E-state index in [1.165, 1.54) is 6.33 Å². The number of hydrogen-bond donors (Lipinski definition) is 2. The topological polar surface area (TPSA) is 85.4 Å². The number of aromatic nitrogens is 2. The first-order valence-electron chi connectivity index (χ1n) is 8.81. The lowest BCUT2D eigenvalue weighted by Crippen LogP contribution is -2.30. The molecular weight excluding hydrogens is 356 g/mol. The highest BCUT2D eigenvalue weighted by molar-refractivity contribution is 5.94. The molecule has 0 aliphatic carbocycles. The minimum Gasteiger partial charge on any atom is -0.497 e. The monoisotopic (exact) mass is 378 g/mol. The average molecular weight is 378 g/mol. The van der Waals surface area contributed by atoms with Crippen molar-refractivity contribution in [1.29, 1.82) is 0 Å². The first-order chi connectivity index (χ1) is 13.5. The van der Waals surface area contributed by atoms with Crippen LogP contribution in [0.15, 0.2) is 60.9 Å². The molecule has 2 N–H and O–H groups in total. The number of hydrogen-bond acceptors (Lipinski definition) is 6. The van der Waals surface area contributed by atoms with Crippen molar-refractivity contribution >= 4 is 23.1 Å². The second-order valence-electron chi connectivity index (χ2n) is 6.18. The van der Waals surface area contributed by atoms with Gasteiger partial charge < -0.3 is 20.1 Å². The number of nitrogens with one attached hydrogen (secondary N) is 2. The highest BCUT2D eigenvalue weighted by Gasteiger charge is 2.15. The number of anilines is 3. The molecule has 0 aliphatic rings. The van der Waals surface area contributed by atoms with E-state index >= 15 is 0 Å². The van der Waals surface area contributed by atoms with Gasteiger partial charge in [0.15, 0.2) is 6.10 Å². The molecule has 3 aromatic rings. The van der Waals surface area contributed by atoms with Gasteiger partial charge in [-0.05, 0) is 56.3 Å². The fourth-order valence-electron chi connectivity index (χ4n) is 2.50. The van der Waals surface area contributed by atoms with Crippen molar-refractivity contribution in [3.05, 3.63) is 66.6 Å². The lowest BCUT2D eigenvalue weighted by Gasteiger charge is -2.15. The van der Waals surface area contributed by atoms with E-state index in [1.807, 2.05) is 37.3 Å². The maximum absolute atomic E-state index is 12.5. The van der Waals surface area contributed by atoms with Gasteiger partial charge >= 0.3 is 0 Å². The maximum Gasteiger partial charge on any atom is 0.265 e. The van der Waals surface area contributed by atoms with Gasteiger partial charge in [0.05, 0.1) is 7.11 Å². The quantitative estimate of drug-likeness (QED) is 0.648. The Morgan fingerprint density at radius 3 is 2.43 bits per heavy atom. The van der Waals surface area contributed by atoms with Crippen LogP contribution in [0.5, 0.6) is 11.5 Å². The van der Waals surface area contributed by atoms with E-state index < -0.39 is 6.10 Å². The highest BCUT2D eigenvalue weighted by Crippen LogP contribution is 2.21. The van der Waals surface area contributed by atoms with Crippen molar-refractivity contribution in [3.63, 3.8) is 0 Å². The fourth-order valence-corrected chi connectivity index (χ4v) is 2.50. The molecular formula is C21H22N4O3. The zero-order valence-electron chi connectivity index (χ0n) is 16.0. The second-order valence-corrected chi connectivity index (χ2v) is 6.18. The van der Waals surface area contributed by atoms with Crippen LogP contribution in [0, 0.1) is 6.92 Å². The van der Waals surface area contributed by atoms with Crippen molar-refractivity contribution in [2.24, 2.45) is 0 Å². The Morgan fingerprint density at radius 1 is 1.00 bits per heavy atom. The van der Waals surface area contributed by atoms with Crippen LogP contribution in [0.25, 0.3) is 0 Å². The summed E-state index contributed by atoms with van der Waals surface area (Å²) in [7, 11) is 1.60. The Bertz CT molecular complexity index is 944. The van der Waals surface area contributed by atoms with Gasteiger partial charge in [-0.25, -0.2) is 9.97 Å². The molecule has 1 heterocycles. The van der Waals surface area contributed by atoms with Crippen molar-refractivity contribution in [2.45, 2.75) is 20.0 Å². The predicted molar refractivity (Wildman–Crippen MR) is 108 cm³/mol. The summed E-state index contributed by atoms with van der Waals surface area (Å²) in [5, 5.41) is 6.05. The molecule has 2 aromatic carbocycles. The Balaban J connectivity index is 1.61. The van der Waals surface area contributed by atoms with E-state index in [2.05, 4.69) is 20.6 Å². The largest absolute Gasteiger partial charge is 0.497 e. The number of nitrogens with zero attached hydrogens (tertiary/aromatic N) is 2. The molecule has 1 amide bonds. The Labute approximate surface area is 163 Å². The minimum atomic E-state index is -0.658. The highest BCUT2D eigenvalue weighted by atomic mass is 16.5. The summed E-state index contributed by atoms with van der Waals surface area (Å²) in [4.78, 5) is 20.7. The van der Waals surface area contributed by atoms with Crippen molar-refractivity contribution in [2.75, 3.05) is 17.7 Å². The molecule has 1 aromatic heterocycles. The van der Waals surface area contributed by atoms with Crippen LogP contribution >= 0.6 is 0 Å². The van der Waals surface area contributed by atoms with Gasteiger partial charge in [0.25, 0.3) is 5.91 Å². The van der Waals surface area contributed by atoms with E-state index in [4.69, 9.17) is 9.47 Å². The SMILES string of the molecule is COc1ccc(OC(C)C(=O)Nc2cccc(Nc3cc(C)ncn3)c2)cc1. The molecule has 0 fully saturated rings. The van der Waals surface area contributed by atoms with Crippen LogP contribution in [0.1, 0.15) is 12.6 Å². The summed E-state index contributed by atoms with van der Waals surface area (Å²) in [6, 6.07) is 16.3. The van der Waals surface area contributed by atoms with Gasteiger partial charge in [-0.3, -0.25) is 4.79 Å². The van der Waals surface area contributed by atoms with Crippen molar-refractivity contribution in [1.82, 2.24) is 9.97 Å². The number of ether oxygens (including phenoxy) is 2. The van der Waals surface area contributed by atoms with E-state index in [0.29, 0.717) is 17.3 Å². The van der Waals surface area contributed by atoms with Crippen LogP contribution in [0.2, 0.25) is 0 Å². The molecule has 28 heavy (non-hydrogen) atoms. The number of aryl methyl sites for hydroxylation is 1. The zero-order valence-corrected chi connectivity index (χ0v) is 16.0. The number of carbonyl (C=O) groups excluding carboxylic acids is 1. The van der Waals surface area contributed by atoms with Crippen LogP contribution in [-0.2, 0) is 4.79 Å². The molecule has 7 heteroatoms. The molecule has 7 nitrogen and oxygen atoms in total. The summed E-state index contributed by atoms with van der Waals surface area (Å²) >= 11 is 0. The molecule has 144 valence electrons. The smallest absolute Gasteiger partial charge is 0.265 e. The van der Waals surface area contributed by atoms with Gasteiger partial charge in [0.1, 0.15) is 23.6 Å². The third kappa shape index (κ3) is 5.20. The summed E-state index contributed by atoms with van der Waals surface area (Å²) in [6.07, 6.45) is 0.844. The zero-order chi connectivity index (χ0) is 19.9. The Hall–Kier alpha value is -3.61. The fraction of sp³-hybridized carbons (Fsp3) is 0.190. The number of carbonyl (C=O) groups is 1. The normalized spacial score (nSPS) is 11.4. The number of rotatable bonds is 7. The Kier molecular flexibility index (Phi) is 6.06. The van der Waals surface area contributed by atoms with Crippen LogP contribution < -0.4 is 20.1 Å². The minimum absolute atomic E-state index is 0.245. The average Bonchev–Trinajstić information content (AvgIpc) is 2.69.